The molecule has 2 aromatic carbocycles. The first kappa shape index (κ1) is 22.6. The van der Waals surface area contributed by atoms with Gasteiger partial charge < -0.3 is 10.1 Å². The molecule has 0 spiro atoms. The van der Waals surface area contributed by atoms with Crippen LogP contribution in [0.2, 0.25) is 5.02 Å². The third-order valence-corrected chi connectivity index (χ3v) is 5.73. The lowest BCUT2D eigenvalue weighted by Gasteiger charge is -2.08. The maximum Gasteiger partial charge on any atom is 0.270 e. The molecule has 176 valence electrons. The minimum atomic E-state index is -0.212. The first-order valence-electron chi connectivity index (χ1n) is 11.1. The Morgan fingerprint density at radius 1 is 1.00 bits per heavy atom. The van der Waals surface area contributed by atoms with E-state index in [0.29, 0.717) is 47.5 Å². The lowest BCUT2D eigenvalue weighted by atomic mass is 10.2. The van der Waals surface area contributed by atoms with Gasteiger partial charge >= 0.3 is 0 Å². The van der Waals surface area contributed by atoms with E-state index in [-0.39, 0.29) is 5.91 Å². The Morgan fingerprint density at radius 3 is 2.60 bits per heavy atom. The summed E-state index contributed by atoms with van der Waals surface area (Å²) in [7, 11) is 0. The second-order valence-corrected chi connectivity index (χ2v) is 8.57. The molecule has 5 aromatic rings. The number of benzene rings is 2. The number of halogens is 1. The molecule has 0 bridgehead atoms. The maximum atomic E-state index is 12.8. The van der Waals surface area contributed by atoms with Gasteiger partial charge in [0.25, 0.3) is 5.91 Å². The number of pyridine rings is 1. The SMILES string of the molecule is Cc1nc2ccc(Cl)cn2c1C(=O)NCc1ccc(OCc2cn(Cc3ccccc3)nn2)cc1. The molecule has 3 heterocycles. The van der Waals surface area contributed by atoms with Crippen LogP contribution >= 0.6 is 11.6 Å². The highest BCUT2D eigenvalue weighted by Gasteiger charge is 2.16. The van der Waals surface area contributed by atoms with Crippen molar-refractivity contribution in [1.82, 2.24) is 29.7 Å². The highest BCUT2D eigenvalue weighted by atomic mass is 35.5. The number of nitrogens with zero attached hydrogens (tertiary/aromatic N) is 5. The minimum absolute atomic E-state index is 0.212. The predicted molar refractivity (Wildman–Crippen MR) is 132 cm³/mol. The molecule has 0 saturated carbocycles. The molecule has 0 saturated heterocycles. The van der Waals surface area contributed by atoms with Crippen LogP contribution < -0.4 is 10.1 Å². The summed E-state index contributed by atoms with van der Waals surface area (Å²) < 4.78 is 9.34. The molecule has 0 aliphatic carbocycles. The van der Waals surface area contributed by atoms with Crippen molar-refractivity contribution in [2.24, 2.45) is 0 Å². The molecule has 5 rings (SSSR count). The molecule has 1 amide bonds. The molecular formula is C26H23ClN6O2. The normalized spacial score (nSPS) is 11.0. The topological polar surface area (TPSA) is 86.3 Å². The fourth-order valence-electron chi connectivity index (χ4n) is 3.79. The zero-order chi connectivity index (χ0) is 24.2. The van der Waals surface area contributed by atoms with Crippen LogP contribution in [-0.2, 0) is 19.7 Å². The number of fused-ring (bicyclic) bond motifs is 1. The van der Waals surface area contributed by atoms with Gasteiger partial charge in [-0.15, -0.1) is 5.10 Å². The van der Waals surface area contributed by atoms with E-state index >= 15 is 0 Å². The first-order chi connectivity index (χ1) is 17.0. The van der Waals surface area contributed by atoms with Crippen LogP contribution in [0.1, 0.15) is 33.0 Å². The van der Waals surface area contributed by atoms with Gasteiger partial charge in [-0.2, -0.15) is 0 Å². The van der Waals surface area contributed by atoms with Crippen molar-refractivity contribution in [2.75, 3.05) is 0 Å². The van der Waals surface area contributed by atoms with Crippen molar-refractivity contribution in [3.05, 3.63) is 112 Å². The Hall–Kier alpha value is -4.17. The molecule has 0 atom stereocenters. The van der Waals surface area contributed by atoms with Gasteiger partial charge in [0.2, 0.25) is 0 Å². The van der Waals surface area contributed by atoms with Crippen LogP contribution in [0.5, 0.6) is 5.75 Å². The third-order valence-electron chi connectivity index (χ3n) is 5.51. The molecule has 9 heteroatoms. The zero-order valence-electron chi connectivity index (χ0n) is 19.1. The van der Waals surface area contributed by atoms with E-state index in [9.17, 15) is 4.79 Å². The second-order valence-electron chi connectivity index (χ2n) is 8.13. The summed E-state index contributed by atoms with van der Waals surface area (Å²) in [5, 5.41) is 11.8. The fourth-order valence-corrected chi connectivity index (χ4v) is 3.95. The number of amides is 1. The fraction of sp³-hybridized carbons (Fsp3) is 0.154. The monoisotopic (exact) mass is 486 g/mol. The second kappa shape index (κ2) is 9.99. The summed E-state index contributed by atoms with van der Waals surface area (Å²) >= 11 is 6.09. The highest BCUT2D eigenvalue weighted by Crippen LogP contribution is 2.17. The maximum absolute atomic E-state index is 12.8. The number of carbonyl (C=O) groups excluding carboxylic acids is 1. The molecule has 1 N–H and O–H groups in total. The van der Waals surface area contributed by atoms with Gasteiger partial charge in [0.05, 0.1) is 23.5 Å². The van der Waals surface area contributed by atoms with Crippen LogP contribution in [0.25, 0.3) is 5.65 Å². The molecule has 0 fully saturated rings. The van der Waals surface area contributed by atoms with Gasteiger partial charge in [-0.05, 0) is 42.3 Å². The number of hydrogen-bond donors (Lipinski definition) is 1. The number of carbonyl (C=O) groups is 1. The molecule has 0 aliphatic heterocycles. The largest absolute Gasteiger partial charge is 0.487 e. The van der Waals surface area contributed by atoms with E-state index in [1.165, 1.54) is 0 Å². The Morgan fingerprint density at radius 2 is 1.80 bits per heavy atom. The van der Waals surface area contributed by atoms with Crippen molar-refractivity contribution in [3.63, 3.8) is 0 Å². The summed E-state index contributed by atoms with van der Waals surface area (Å²) in [4.78, 5) is 17.2. The lowest BCUT2D eigenvalue weighted by molar-refractivity contribution is 0.0944. The highest BCUT2D eigenvalue weighted by molar-refractivity contribution is 6.30. The minimum Gasteiger partial charge on any atom is -0.487 e. The summed E-state index contributed by atoms with van der Waals surface area (Å²) in [5.74, 6) is 0.501. The van der Waals surface area contributed by atoms with Gasteiger partial charge in [-0.25, -0.2) is 9.67 Å². The number of rotatable bonds is 8. The number of imidazole rings is 1. The molecule has 0 aliphatic rings. The van der Waals surface area contributed by atoms with Crippen molar-refractivity contribution < 1.29 is 9.53 Å². The van der Waals surface area contributed by atoms with Gasteiger partial charge in [0.15, 0.2) is 0 Å². The van der Waals surface area contributed by atoms with E-state index in [4.69, 9.17) is 16.3 Å². The van der Waals surface area contributed by atoms with E-state index in [2.05, 4.69) is 32.7 Å². The number of hydrogen-bond acceptors (Lipinski definition) is 5. The van der Waals surface area contributed by atoms with E-state index in [1.807, 2.05) is 55.6 Å². The zero-order valence-corrected chi connectivity index (χ0v) is 19.8. The van der Waals surface area contributed by atoms with Gasteiger partial charge in [-0.3, -0.25) is 9.20 Å². The van der Waals surface area contributed by atoms with Crippen LogP contribution in [0.3, 0.4) is 0 Å². The quantitative estimate of drug-likeness (QED) is 0.350. The van der Waals surface area contributed by atoms with Gasteiger partial charge in [-0.1, -0.05) is 59.3 Å². The van der Waals surface area contributed by atoms with Crippen molar-refractivity contribution in [3.8, 4) is 5.75 Å². The van der Waals surface area contributed by atoms with Crippen LogP contribution in [0.4, 0.5) is 0 Å². The Kier molecular flexibility index (Phi) is 6.45. The third kappa shape index (κ3) is 5.33. The van der Waals surface area contributed by atoms with Crippen LogP contribution in [-0.4, -0.2) is 30.3 Å². The first-order valence-corrected chi connectivity index (χ1v) is 11.5. The van der Waals surface area contributed by atoms with E-state index in [1.54, 1.807) is 27.4 Å². The smallest absolute Gasteiger partial charge is 0.270 e. The van der Waals surface area contributed by atoms with Crippen LogP contribution in [0, 0.1) is 6.92 Å². The Balaban J connectivity index is 1.15. The summed E-state index contributed by atoms with van der Waals surface area (Å²) in [6.45, 7) is 3.17. The average Bonchev–Trinajstić information content (AvgIpc) is 3.45. The molecule has 35 heavy (non-hydrogen) atoms. The Bertz CT molecular complexity index is 1460. The average molecular weight is 487 g/mol. The number of aromatic nitrogens is 5. The molecule has 3 aromatic heterocycles. The molecule has 0 radical (unpaired) electrons. The van der Waals surface area contributed by atoms with Gasteiger partial charge in [0, 0.05) is 12.7 Å². The number of ether oxygens (including phenoxy) is 1. The molecule has 0 unspecified atom stereocenters. The summed E-state index contributed by atoms with van der Waals surface area (Å²) in [5.41, 5.74) is 4.66. The number of nitrogens with one attached hydrogen (secondary N) is 1. The van der Waals surface area contributed by atoms with Gasteiger partial charge in [0.1, 0.15) is 29.4 Å². The predicted octanol–water partition coefficient (Wildman–Crippen LogP) is 4.44. The summed E-state index contributed by atoms with van der Waals surface area (Å²) in [6.07, 6.45) is 3.57. The van der Waals surface area contributed by atoms with Crippen molar-refractivity contribution in [2.45, 2.75) is 26.6 Å². The summed E-state index contributed by atoms with van der Waals surface area (Å²) in [6, 6.07) is 21.2. The van der Waals surface area contributed by atoms with E-state index in [0.717, 1.165) is 16.8 Å². The Labute approximate surface area is 207 Å². The lowest BCUT2D eigenvalue weighted by Crippen LogP contribution is -2.25. The molecule has 8 nitrogen and oxygen atoms in total. The van der Waals surface area contributed by atoms with Crippen molar-refractivity contribution in [1.29, 1.82) is 0 Å². The van der Waals surface area contributed by atoms with E-state index < -0.39 is 0 Å². The molecular weight excluding hydrogens is 464 g/mol. The standard InChI is InChI=1S/C26H23ClN6O2/c1-18-25(33-15-21(27)9-12-24(33)29-18)26(34)28-13-19-7-10-23(11-8-19)35-17-22-16-32(31-30-22)14-20-5-3-2-4-6-20/h2-12,15-16H,13-14,17H2,1H3,(H,28,34). The van der Waals surface area contributed by atoms with Crippen molar-refractivity contribution >= 4 is 23.2 Å². The van der Waals surface area contributed by atoms with Crippen LogP contribution in [0.15, 0.2) is 79.1 Å². The number of aryl methyl sites for hydroxylation is 1.